The first-order valence-electron chi connectivity index (χ1n) is 7.62. The molecule has 2 rings (SSSR count). The van der Waals surface area contributed by atoms with Crippen LogP contribution in [-0.4, -0.2) is 24.2 Å². The molecular weight excluding hydrogens is 280 g/mol. The highest BCUT2D eigenvalue weighted by Gasteiger charge is 2.10. The van der Waals surface area contributed by atoms with Gasteiger partial charge in [-0.3, -0.25) is 4.79 Å². The Hall–Kier alpha value is -2.30. The predicted molar refractivity (Wildman–Crippen MR) is 84.1 cm³/mol. The Bertz CT molecular complexity index is 590. The number of amides is 1. The average molecular weight is 302 g/mol. The molecule has 1 N–H and O–H groups in total. The maximum Gasteiger partial charge on any atom is 0.289 e. The second-order valence-corrected chi connectivity index (χ2v) is 5.18. The summed E-state index contributed by atoms with van der Waals surface area (Å²) < 4.78 is 10.5. The summed E-state index contributed by atoms with van der Waals surface area (Å²) in [5.74, 6) is 0.899. The summed E-state index contributed by atoms with van der Waals surface area (Å²) in [7, 11) is 0. The minimum atomic E-state index is -0.236. The van der Waals surface area contributed by atoms with Crippen molar-refractivity contribution in [2.24, 2.45) is 0 Å². The lowest BCUT2D eigenvalue weighted by molar-refractivity contribution is 0.0917. The van der Waals surface area contributed by atoms with Crippen LogP contribution in [-0.2, 0) is 6.42 Å². The molecule has 0 saturated heterocycles. The van der Waals surface area contributed by atoms with Gasteiger partial charge in [-0.1, -0.05) is 30.6 Å². The first-order valence-corrected chi connectivity index (χ1v) is 7.62. The highest BCUT2D eigenvalue weighted by Crippen LogP contribution is 2.13. The molecule has 1 heterocycles. The van der Waals surface area contributed by atoms with Crippen molar-refractivity contribution in [1.82, 2.24) is 10.5 Å². The van der Waals surface area contributed by atoms with E-state index >= 15 is 0 Å². The Labute approximate surface area is 130 Å². The van der Waals surface area contributed by atoms with E-state index in [1.807, 2.05) is 24.3 Å². The van der Waals surface area contributed by atoms with Crippen LogP contribution in [0.2, 0.25) is 0 Å². The summed E-state index contributed by atoms with van der Waals surface area (Å²) in [6.45, 7) is 5.22. The highest BCUT2D eigenvalue weighted by molar-refractivity contribution is 5.91. The van der Waals surface area contributed by atoms with E-state index in [1.54, 1.807) is 13.0 Å². The Morgan fingerprint density at radius 2 is 2.09 bits per heavy atom. The van der Waals surface area contributed by atoms with Gasteiger partial charge in [0.1, 0.15) is 5.75 Å². The number of unbranched alkanes of at least 4 members (excludes halogenated alkanes) is 1. The maximum atomic E-state index is 11.8. The van der Waals surface area contributed by atoms with Crippen LogP contribution < -0.4 is 10.1 Å². The van der Waals surface area contributed by atoms with Gasteiger partial charge in [-0.15, -0.1) is 0 Å². The van der Waals surface area contributed by atoms with Crippen molar-refractivity contribution in [1.29, 1.82) is 0 Å². The Morgan fingerprint density at radius 3 is 2.73 bits per heavy atom. The van der Waals surface area contributed by atoms with E-state index in [0.29, 0.717) is 12.2 Å². The summed E-state index contributed by atoms with van der Waals surface area (Å²) in [6, 6.07) is 9.59. The van der Waals surface area contributed by atoms with Crippen molar-refractivity contribution in [3.63, 3.8) is 0 Å². The molecule has 0 saturated carbocycles. The van der Waals surface area contributed by atoms with Gasteiger partial charge in [-0.25, -0.2) is 0 Å². The molecule has 1 aromatic carbocycles. The third-order valence-electron chi connectivity index (χ3n) is 3.24. The predicted octanol–water partition coefficient (Wildman–Crippen LogP) is 3.13. The van der Waals surface area contributed by atoms with Crippen LogP contribution in [0.15, 0.2) is 34.9 Å². The van der Waals surface area contributed by atoms with Gasteiger partial charge in [0, 0.05) is 12.6 Å². The van der Waals surface area contributed by atoms with E-state index in [1.165, 1.54) is 0 Å². The molecule has 0 aliphatic carbocycles. The number of rotatable bonds is 8. The summed E-state index contributed by atoms with van der Waals surface area (Å²) in [4.78, 5) is 11.8. The molecule has 0 aliphatic heterocycles. The number of carbonyl (C=O) groups is 1. The molecule has 0 radical (unpaired) electrons. The van der Waals surface area contributed by atoms with Crippen molar-refractivity contribution in [2.75, 3.05) is 13.2 Å². The molecule has 2 aromatic rings. The van der Waals surface area contributed by atoms with Crippen molar-refractivity contribution in [2.45, 2.75) is 33.1 Å². The number of hydrogen-bond acceptors (Lipinski definition) is 4. The normalized spacial score (nSPS) is 10.5. The van der Waals surface area contributed by atoms with Crippen molar-refractivity contribution in [3.8, 4) is 5.75 Å². The van der Waals surface area contributed by atoms with E-state index < -0.39 is 0 Å². The molecule has 5 nitrogen and oxygen atoms in total. The van der Waals surface area contributed by atoms with Crippen LogP contribution in [0.5, 0.6) is 5.75 Å². The summed E-state index contributed by atoms with van der Waals surface area (Å²) >= 11 is 0. The van der Waals surface area contributed by atoms with Gasteiger partial charge in [0.25, 0.3) is 5.91 Å². The number of carbonyl (C=O) groups excluding carboxylic acids is 1. The monoisotopic (exact) mass is 302 g/mol. The molecule has 0 atom stereocenters. The van der Waals surface area contributed by atoms with E-state index in [4.69, 9.17) is 9.26 Å². The molecule has 1 aromatic heterocycles. The van der Waals surface area contributed by atoms with Gasteiger partial charge in [-0.2, -0.15) is 0 Å². The molecule has 118 valence electrons. The molecule has 0 fully saturated rings. The average Bonchev–Trinajstić information content (AvgIpc) is 2.96. The van der Waals surface area contributed by atoms with E-state index in [9.17, 15) is 4.79 Å². The van der Waals surface area contributed by atoms with Gasteiger partial charge >= 0.3 is 0 Å². The number of ether oxygens (including phenoxy) is 1. The second kappa shape index (κ2) is 8.22. The lowest BCUT2D eigenvalue weighted by atomic mass is 10.1. The van der Waals surface area contributed by atoms with Crippen LogP contribution in [0.4, 0.5) is 0 Å². The number of aryl methyl sites for hydroxylation is 1. The Kier molecular flexibility index (Phi) is 6.01. The quantitative estimate of drug-likeness (QED) is 0.761. The van der Waals surface area contributed by atoms with Gasteiger partial charge in [0.15, 0.2) is 0 Å². The van der Waals surface area contributed by atoms with Gasteiger partial charge < -0.3 is 14.6 Å². The van der Waals surface area contributed by atoms with Gasteiger partial charge in [0.05, 0.1) is 12.3 Å². The molecule has 22 heavy (non-hydrogen) atoms. The minimum Gasteiger partial charge on any atom is -0.494 e. The van der Waals surface area contributed by atoms with E-state index in [0.717, 1.165) is 37.2 Å². The second-order valence-electron chi connectivity index (χ2n) is 5.18. The smallest absolute Gasteiger partial charge is 0.289 e. The SMILES string of the molecule is CCCCOc1ccc(CCNC(=O)c2cc(C)no2)cc1. The third-order valence-corrected chi connectivity index (χ3v) is 3.24. The minimum absolute atomic E-state index is 0.236. The van der Waals surface area contributed by atoms with Crippen molar-refractivity contribution < 1.29 is 14.1 Å². The number of hydrogen-bond donors (Lipinski definition) is 1. The number of nitrogens with one attached hydrogen (secondary N) is 1. The summed E-state index contributed by atoms with van der Waals surface area (Å²) in [6.07, 6.45) is 2.95. The van der Waals surface area contributed by atoms with E-state index in [-0.39, 0.29) is 11.7 Å². The number of nitrogens with zero attached hydrogens (tertiary/aromatic N) is 1. The van der Waals surface area contributed by atoms with Crippen LogP contribution >= 0.6 is 0 Å². The fourth-order valence-electron chi connectivity index (χ4n) is 1.96. The molecule has 0 unspecified atom stereocenters. The first kappa shape index (κ1) is 16.1. The van der Waals surface area contributed by atoms with Crippen molar-refractivity contribution >= 4 is 5.91 Å². The lowest BCUT2D eigenvalue weighted by Crippen LogP contribution is -2.25. The lowest BCUT2D eigenvalue weighted by Gasteiger charge is -2.07. The zero-order valence-electron chi connectivity index (χ0n) is 13.1. The molecule has 0 bridgehead atoms. The van der Waals surface area contributed by atoms with Crippen molar-refractivity contribution in [3.05, 3.63) is 47.3 Å². The molecule has 5 heteroatoms. The topological polar surface area (TPSA) is 64.4 Å². The third kappa shape index (κ3) is 4.91. The number of benzene rings is 1. The maximum absolute atomic E-state index is 11.8. The molecule has 0 spiro atoms. The fourth-order valence-corrected chi connectivity index (χ4v) is 1.96. The summed E-state index contributed by atoms with van der Waals surface area (Å²) in [5, 5.41) is 6.51. The Balaban J connectivity index is 1.73. The zero-order chi connectivity index (χ0) is 15.8. The van der Waals surface area contributed by atoms with Gasteiger partial charge in [0.2, 0.25) is 5.76 Å². The zero-order valence-corrected chi connectivity index (χ0v) is 13.1. The fraction of sp³-hybridized carbons (Fsp3) is 0.412. The van der Waals surface area contributed by atoms with Crippen LogP contribution in [0.3, 0.4) is 0 Å². The largest absolute Gasteiger partial charge is 0.494 e. The highest BCUT2D eigenvalue weighted by atomic mass is 16.5. The molecule has 0 aliphatic rings. The van der Waals surface area contributed by atoms with E-state index in [2.05, 4.69) is 17.4 Å². The molecule has 1 amide bonds. The first-order chi connectivity index (χ1) is 10.7. The van der Waals surface area contributed by atoms with Gasteiger partial charge in [-0.05, 0) is 37.5 Å². The standard InChI is InChI=1S/C17H22N2O3/c1-3-4-11-21-15-7-5-14(6-8-15)9-10-18-17(20)16-12-13(2)19-22-16/h5-8,12H,3-4,9-11H2,1-2H3,(H,18,20). The van der Waals surface area contributed by atoms with Crippen LogP contribution in [0.1, 0.15) is 41.6 Å². The molecular formula is C17H22N2O3. The number of aromatic nitrogens is 1. The van der Waals surface area contributed by atoms with Crippen LogP contribution in [0.25, 0.3) is 0 Å². The van der Waals surface area contributed by atoms with Crippen LogP contribution in [0, 0.1) is 6.92 Å². The Morgan fingerprint density at radius 1 is 1.32 bits per heavy atom. The summed E-state index contributed by atoms with van der Waals surface area (Å²) in [5.41, 5.74) is 1.85.